The number of thiophene rings is 1. The summed E-state index contributed by atoms with van der Waals surface area (Å²) in [7, 11) is 1.85. The van der Waals surface area contributed by atoms with Gasteiger partial charge in [0.05, 0.1) is 10.4 Å². The maximum Gasteiger partial charge on any atom is 0.180 e. The van der Waals surface area contributed by atoms with Crippen LogP contribution in [-0.2, 0) is 0 Å². The molecule has 0 atom stereocenters. The van der Waals surface area contributed by atoms with Crippen molar-refractivity contribution < 1.29 is 0 Å². The van der Waals surface area contributed by atoms with Gasteiger partial charge in [-0.15, -0.1) is 11.3 Å². The molecule has 5 heteroatoms. The number of rotatable bonds is 2. The van der Waals surface area contributed by atoms with E-state index in [9.17, 15) is 0 Å². The number of H-pyrrole nitrogens is 1. The van der Waals surface area contributed by atoms with Gasteiger partial charge < -0.3 is 10.3 Å². The Balaban J connectivity index is 2.12. The van der Waals surface area contributed by atoms with E-state index in [0.29, 0.717) is 0 Å². The van der Waals surface area contributed by atoms with E-state index in [1.165, 1.54) is 10.4 Å². The number of fused-ring (bicyclic) bond motifs is 1. The number of aromatic nitrogens is 3. The Kier molecular flexibility index (Phi) is 2.56. The van der Waals surface area contributed by atoms with Gasteiger partial charge >= 0.3 is 0 Å². The lowest BCUT2D eigenvalue weighted by atomic mass is 10.3. The highest BCUT2D eigenvalue weighted by Gasteiger charge is 2.10. The number of aryl methyl sites for hydroxylation is 2. The van der Waals surface area contributed by atoms with Crippen LogP contribution in [0.25, 0.3) is 21.9 Å². The molecular weight excluding hydrogens is 244 g/mol. The van der Waals surface area contributed by atoms with Crippen molar-refractivity contribution in [2.75, 3.05) is 12.4 Å². The summed E-state index contributed by atoms with van der Waals surface area (Å²) in [5.41, 5.74) is 3.02. The van der Waals surface area contributed by atoms with Crippen LogP contribution in [0.1, 0.15) is 10.4 Å². The summed E-state index contributed by atoms with van der Waals surface area (Å²) < 4.78 is 0. The summed E-state index contributed by atoms with van der Waals surface area (Å²) >= 11 is 1.76. The van der Waals surface area contributed by atoms with Crippen molar-refractivity contribution in [1.29, 1.82) is 0 Å². The van der Waals surface area contributed by atoms with Gasteiger partial charge in [-0.05, 0) is 37.6 Å². The SMILES string of the molecule is CNc1ccc2[nH]c(-c3cc(C)c(C)s3)nc2n1. The first-order valence-corrected chi connectivity index (χ1v) is 6.61. The quantitative estimate of drug-likeness (QED) is 0.741. The molecule has 0 aliphatic carbocycles. The fraction of sp³-hybridized carbons (Fsp3) is 0.231. The smallest absolute Gasteiger partial charge is 0.180 e. The van der Waals surface area contributed by atoms with Crippen molar-refractivity contribution in [3.63, 3.8) is 0 Å². The molecule has 0 fully saturated rings. The summed E-state index contributed by atoms with van der Waals surface area (Å²) in [5, 5.41) is 3.02. The number of hydrogen-bond acceptors (Lipinski definition) is 4. The third kappa shape index (κ3) is 1.76. The van der Waals surface area contributed by atoms with E-state index in [-0.39, 0.29) is 0 Å². The van der Waals surface area contributed by atoms with E-state index >= 15 is 0 Å². The Bertz CT molecular complexity index is 691. The zero-order chi connectivity index (χ0) is 12.7. The molecule has 0 aromatic carbocycles. The van der Waals surface area contributed by atoms with Gasteiger partial charge in [0.1, 0.15) is 5.82 Å². The van der Waals surface area contributed by atoms with Crippen LogP contribution in [0.4, 0.5) is 5.82 Å². The predicted molar refractivity (Wildman–Crippen MR) is 76.2 cm³/mol. The Morgan fingerprint density at radius 2 is 2.06 bits per heavy atom. The van der Waals surface area contributed by atoms with Crippen molar-refractivity contribution >= 4 is 28.3 Å². The number of nitrogens with one attached hydrogen (secondary N) is 2. The molecule has 18 heavy (non-hydrogen) atoms. The molecule has 3 aromatic rings. The van der Waals surface area contributed by atoms with Crippen LogP contribution in [0.5, 0.6) is 0 Å². The van der Waals surface area contributed by atoms with Crippen LogP contribution >= 0.6 is 11.3 Å². The molecule has 3 heterocycles. The van der Waals surface area contributed by atoms with Gasteiger partial charge in [0.25, 0.3) is 0 Å². The topological polar surface area (TPSA) is 53.6 Å². The van der Waals surface area contributed by atoms with Gasteiger partial charge in [0.15, 0.2) is 11.5 Å². The van der Waals surface area contributed by atoms with Gasteiger partial charge in [-0.2, -0.15) is 0 Å². The summed E-state index contributed by atoms with van der Waals surface area (Å²) in [4.78, 5) is 14.8. The van der Waals surface area contributed by atoms with Crippen molar-refractivity contribution in [2.24, 2.45) is 0 Å². The van der Waals surface area contributed by atoms with Crippen LogP contribution in [0, 0.1) is 13.8 Å². The largest absolute Gasteiger partial charge is 0.373 e. The third-order valence-corrected chi connectivity index (χ3v) is 4.16. The maximum absolute atomic E-state index is 4.55. The highest BCUT2D eigenvalue weighted by Crippen LogP contribution is 2.29. The number of anilines is 1. The van der Waals surface area contributed by atoms with Crippen LogP contribution < -0.4 is 5.32 Å². The standard InChI is InChI=1S/C13H14N4S/c1-7-6-10(18-8(7)2)13-15-9-4-5-11(14-3)16-12(9)17-13/h4-6H,1-3H3,(H2,14,15,16,17). The molecular formula is C13H14N4S. The van der Waals surface area contributed by atoms with Crippen LogP contribution in [-0.4, -0.2) is 22.0 Å². The summed E-state index contributed by atoms with van der Waals surface area (Å²) in [6.45, 7) is 4.25. The lowest BCUT2D eigenvalue weighted by Crippen LogP contribution is -1.91. The molecule has 0 saturated heterocycles. The second-order valence-electron chi connectivity index (χ2n) is 4.25. The number of hydrogen-bond donors (Lipinski definition) is 2. The van der Waals surface area contributed by atoms with Crippen molar-refractivity contribution in [2.45, 2.75) is 13.8 Å². The molecule has 0 bridgehead atoms. The summed E-state index contributed by atoms with van der Waals surface area (Å²) in [6, 6.07) is 6.10. The molecule has 2 N–H and O–H groups in total. The Labute approximate surface area is 109 Å². The first-order chi connectivity index (χ1) is 8.67. The van der Waals surface area contributed by atoms with Crippen LogP contribution in [0.15, 0.2) is 18.2 Å². The van der Waals surface area contributed by atoms with Gasteiger partial charge in [0.2, 0.25) is 0 Å². The van der Waals surface area contributed by atoms with E-state index < -0.39 is 0 Å². The first-order valence-electron chi connectivity index (χ1n) is 5.79. The zero-order valence-corrected chi connectivity index (χ0v) is 11.4. The third-order valence-electron chi connectivity index (χ3n) is 3.00. The minimum Gasteiger partial charge on any atom is -0.373 e. The molecule has 92 valence electrons. The molecule has 0 unspecified atom stereocenters. The monoisotopic (exact) mass is 258 g/mol. The molecule has 0 saturated carbocycles. The van der Waals surface area contributed by atoms with E-state index in [4.69, 9.17) is 0 Å². The average molecular weight is 258 g/mol. The predicted octanol–water partition coefficient (Wildman–Crippen LogP) is 3.34. The number of imidazole rings is 1. The molecule has 0 aliphatic heterocycles. The second-order valence-corrected chi connectivity index (χ2v) is 5.51. The fourth-order valence-electron chi connectivity index (χ4n) is 1.84. The van der Waals surface area contributed by atoms with Gasteiger partial charge in [-0.25, -0.2) is 9.97 Å². The normalized spacial score (nSPS) is 11.1. The molecule has 3 aromatic heterocycles. The summed E-state index contributed by atoms with van der Waals surface area (Å²) in [5.74, 6) is 1.73. The second kappa shape index (κ2) is 4.10. The first kappa shape index (κ1) is 11.2. The highest BCUT2D eigenvalue weighted by molar-refractivity contribution is 7.15. The minimum atomic E-state index is 0.751. The Morgan fingerprint density at radius 3 is 2.72 bits per heavy atom. The van der Waals surface area contributed by atoms with Crippen molar-refractivity contribution in [3.05, 3.63) is 28.6 Å². The Hall–Kier alpha value is -1.88. The lowest BCUT2D eigenvalue weighted by Gasteiger charge is -1.95. The molecule has 4 nitrogen and oxygen atoms in total. The number of pyridine rings is 1. The van der Waals surface area contributed by atoms with Gasteiger partial charge in [-0.1, -0.05) is 0 Å². The highest BCUT2D eigenvalue weighted by atomic mass is 32.1. The maximum atomic E-state index is 4.55. The van der Waals surface area contributed by atoms with E-state index in [1.807, 2.05) is 19.2 Å². The zero-order valence-electron chi connectivity index (χ0n) is 10.5. The molecule has 0 radical (unpaired) electrons. The Morgan fingerprint density at radius 1 is 1.22 bits per heavy atom. The van der Waals surface area contributed by atoms with E-state index in [0.717, 1.165) is 27.7 Å². The van der Waals surface area contributed by atoms with Crippen LogP contribution in [0.3, 0.4) is 0 Å². The van der Waals surface area contributed by atoms with E-state index in [1.54, 1.807) is 11.3 Å². The average Bonchev–Trinajstić information content (AvgIpc) is 2.92. The van der Waals surface area contributed by atoms with Crippen molar-refractivity contribution in [1.82, 2.24) is 15.0 Å². The minimum absolute atomic E-state index is 0.751. The summed E-state index contributed by atoms with van der Waals surface area (Å²) in [6.07, 6.45) is 0. The van der Waals surface area contributed by atoms with Gasteiger partial charge in [-0.3, -0.25) is 0 Å². The van der Waals surface area contributed by atoms with Crippen molar-refractivity contribution in [3.8, 4) is 10.7 Å². The van der Waals surface area contributed by atoms with E-state index in [2.05, 4.69) is 40.2 Å². The molecule has 0 aliphatic rings. The molecule has 3 rings (SSSR count). The number of nitrogens with zero attached hydrogens (tertiary/aromatic N) is 2. The fourth-order valence-corrected chi connectivity index (χ4v) is 2.82. The lowest BCUT2D eigenvalue weighted by molar-refractivity contribution is 1.29. The molecule has 0 spiro atoms. The number of aromatic amines is 1. The molecule has 0 amide bonds. The van der Waals surface area contributed by atoms with Gasteiger partial charge in [0, 0.05) is 11.9 Å². The van der Waals surface area contributed by atoms with Crippen LogP contribution in [0.2, 0.25) is 0 Å².